The highest BCUT2D eigenvalue weighted by Crippen LogP contribution is 2.36. The van der Waals surface area contributed by atoms with Crippen LogP contribution in [0.4, 0.5) is 37.7 Å². The van der Waals surface area contributed by atoms with E-state index in [1.54, 1.807) is 24.3 Å². The van der Waals surface area contributed by atoms with Gasteiger partial charge in [-0.25, -0.2) is 4.98 Å². The number of halogens is 6. The zero-order valence-corrected chi connectivity index (χ0v) is 19.6. The molecule has 3 atom stereocenters. The number of pyridine rings is 1. The highest BCUT2D eigenvalue weighted by Gasteiger charge is 2.39. The Bertz CT molecular complexity index is 1070. The number of benzene rings is 1. The number of carbonyl (C=O) groups is 2. The Hall–Kier alpha value is -3.31. The summed E-state index contributed by atoms with van der Waals surface area (Å²) in [5.41, 5.74) is -2.72. The Kier molecular flexibility index (Phi) is 8.15. The number of aromatic nitrogens is 1. The Morgan fingerprint density at radius 3 is 2.08 bits per heavy atom. The Balaban J connectivity index is 1.69. The molecule has 3 N–H and O–H groups in total. The van der Waals surface area contributed by atoms with Crippen molar-refractivity contribution in [1.82, 2.24) is 10.3 Å². The number of amides is 2. The van der Waals surface area contributed by atoms with Crippen LogP contribution in [0, 0.1) is 5.92 Å². The van der Waals surface area contributed by atoms with Crippen molar-refractivity contribution in [1.29, 1.82) is 0 Å². The van der Waals surface area contributed by atoms with Crippen molar-refractivity contribution < 1.29 is 35.9 Å². The summed E-state index contributed by atoms with van der Waals surface area (Å²) in [6.45, 7) is 3.28. The minimum absolute atomic E-state index is 0.0215. The Morgan fingerprint density at radius 2 is 1.50 bits per heavy atom. The van der Waals surface area contributed by atoms with E-state index in [-0.39, 0.29) is 35.5 Å². The number of anilines is 2. The third kappa shape index (κ3) is 7.34. The van der Waals surface area contributed by atoms with Gasteiger partial charge in [-0.2, -0.15) is 26.3 Å². The summed E-state index contributed by atoms with van der Waals surface area (Å²) in [5, 5.41) is 8.37. The lowest BCUT2D eigenvalue weighted by Crippen LogP contribution is -2.39. The maximum absolute atomic E-state index is 13.1. The first-order valence-corrected chi connectivity index (χ1v) is 11.3. The second kappa shape index (κ2) is 10.8. The van der Waals surface area contributed by atoms with Crippen molar-refractivity contribution in [3.05, 3.63) is 53.3 Å². The summed E-state index contributed by atoms with van der Waals surface area (Å²) in [7, 11) is 0. The smallest absolute Gasteiger partial charge is 0.382 e. The van der Waals surface area contributed by atoms with Gasteiger partial charge in [0, 0.05) is 35.9 Å². The molecule has 36 heavy (non-hydrogen) atoms. The molecule has 0 aliphatic heterocycles. The van der Waals surface area contributed by atoms with Crippen LogP contribution in [-0.4, -0.2) is 28.9 Å². The van der Waals surface area contributed by atoms with Crippen LogP contribution in [0.1, 0.15) is 61.3 Å². The summed E-state index contributed by atoms with van der Waals surface area (Å²) in [5.74, 6) is -0.597. The zero-order chi connectivity index (χ0) is 26.7. The van der Waals surface area contributed by atoms with E-state index in [4.69, 9.17) is 0 Å². The lowest BCUT2D eigenvalue weighted by molar-refractivity contribution is -0.150. The fourth-order valence-electron chi connectivity index (χ4n) is 4.17. The van der Waals surface area contributed by atoms with E-state index in [2.05, 4.69) is 20.9 Å². The van der Waals surface area contributed by atoms with Crippen molar-refractivity contribution in [3.63, 3.8) is 0 Å². The molecule has 0 bridgehead atoms. The van der Waals surface area contributed by atoms with E-state index in [0.29, 0.717) is 49.1 Å². The SMILES string of the molecule is CC(=O)Nc1cccc(C(=O)N[C@H]2CC[C@@H](Nc3cc(C(F)(F)F)nc(C(F)(F)F)c3)CCC2C)c1. The van der Waals surface area contributed by atoms with Crippen LogP contribution in [-0.2, 0) is 17.1 Å². The van der Waals surface area contributed by atoms with Gasteiger partial charge in [-0.15, -0.1) is 0 Å². The normalized spacial score (nSPS) is 20.8. The predicted octanol–water partition coefficient (Wildman–Crippen LogP) is 5.87. The van der Waals surface area contributed by atoms with Gasteiger partial charge in [0.2, 0.25) is 5.91 Å². The average molecular weight is 516 g/mol. The van der Waals surface area contributed by atoms with Crippen LogP contribution >= 0.6 is 0 Å². The van der Waals surface area contributed by atoms with Crippen LogP contribution in [0.5, 0.6) is 0 Å². The predicted molar refractivity (Wildman–Crippen MR) is 121 cm³/mol. The molecule has 1 aromatic heterocycles. The summed E-state index contributed by atoms with van der Waals surface area (Å²) in [6, 6.07) is 6.95. The maximum atomic E-state index is 13.1. The molecule has 0 radical (unpaired) electrons. The molecule has 3 rings (SSSR count). The first-order valence-electron chi connectivity index (χ1n) is 11.3. The van der Waals surface area contributed by atoms with E-state index in [1.807, 2.05) is 6.92 Å². The summed E-state index contributed by atoms with van der Waals surface area (Å²) >= 11 is 0. The van der Waals surface area contributed by atoms with E-state index in [0.717, 1.165) is 0 Å². The largest absolute Gasteiger partial charge is 0.433 e. The second-order valence-electron chi connectivity index (χ2n) is 8.94. The molecular formula is C24H26F6N4O2. The fourth-order valence-corrected chi connectivity index (χ4v) is 4.17. The van der Waals surface area contributed by atoms with Crippen LogP contribution in [0.3, 0.4) is 0 Å². The molecule has 0 spiro atoms. The molecule has 0 saturated heterocycles. The molecule has 196 valence electrons. The third-order valence-electron chi connectivity index (χ3n) is 6.02. The quantitative estimate of drug-likeness (QED) is 0.343. The van der Waals surface area contributed by atoms with Crippen molar-refractivity contribution in [2.45, 2.75) is 64.0 Å². The molecule has 1 aromatic carbocycles. The van der Waals surface area contributed by atoms with E-state index >= 15 is 0 Å². The number of carbonyl (C=O) groups excluding carboxylic acids is 2. The van der Waals surface area contributed by atoms with Crippen LogP contribution in [0.25, 0.3) is 0 Å². The topological polar surface area (TPSA) is 83.1 Å². The highest BCUT2D eigenvalue weighted by molar-refractivity contribution is 5.96. The molecule has 12 heteroatoms. The number of hydrogen-bond acceptors (Lipinski definition) is 4. The number of nitrogens with one attached hydrogen (secondary N) is 3. The van der Waals surface area contributed by atoms with Gasteiger partial charge in [-0.3, -0.25) is 9.59 Å². The van der Waals surface area contributed by atoms with Gasteiger partial charge >= 0.3 is 12.4 Å². The third-order valence-corrected chi connectivity index (χ3v) is 6.02. The van der Waals surface area contributed by atoms with E-state index in [9.17, 15) is 35.9 Å². The number of alkyl halides is 6. The first kappa shape index (κ1) is 27.3. The molecule has 1 heterocycles. The van der Waals surface area contributed by atoms with E-state index in [1.165, 1.54) is 6.92 Å². The van der Waals surface area contributed by atoms with Gasteiger partial charge in [0.25, 0.3) is 5.91 Å². The van der Waals surface area contributed by atoms with Crippen molar-refractivity contribution >= 4 is 23.2 Å². The van der Waals surface area contributed by atoms with Crippen molar-refractivity contribution in [2.75, 3.05) is 10.6 Å². The molecule has 2 aromatic rings. The fraction of sp³-hybridized carbons (Fsp3) is 0.458. The molecule has 1 saturated carbocycles. The second-order valence-corrected chi connectivity index (χ2v) is 8.94. The average Bonchev–Trinajstić information content (AvgIpc) is 2.94. The molecule has 1 fully saturated rings. The Morgan fingerprint density at radius 1 is 0.889 bits per heavy atom. The number of nitrogens with zero attached hydrogens (tertiary/aromatic N) is 1. The molecule has 1 unspecified atom stereocenters. The van der Waals surface area contributed by atoms with Crippen LogP contribution in [0.15, 0.2) is 36.4 Å². The first-order chi connectivity index (χ1) is 16.7. The molecule has 1 aliphatic carbocycles. The zero-order valence-electron chi connectivity index (χ0n) is 19.6. The van der Waals surface area contributed by atoms with Gasteiger partial charge in [0.1, 0.15) is 11.4 Å². The Labute approximate surface area is 203 Å². The van der Waals surface area contributed by atoms with Crippen molar-refractivity contribution in [3.8, 4) is 0 Å². The maximum Gasteiger partial charge on any atom is 0.433 e. The summed E-state index contributed by atoms with van der Waals surface area (Å²) in [4.78, 5) is 26.8. The van der Waals surface area contributed by atoms with Gasteiger partial charge in [0.05, 0.1) is 0 Å². The summed E-state index contributed by atoms with van der Waals surface area (Å²) < 4.78 is 78.7. The monoisotopic (exact) mass is 516 g/mol. The van der Waals surface area contributed by atoms with Gasteiger partial charge in [0.15, 0.2) is 0 Å². The highest BCUT2D eigenvalue weighted by atomic mass is 19.4. The lowest BCUT2D eigenvalue weighted by atomic mass is 9.96. The van der Waals surface area contributed by atoms with Crippen molar-refractivity contribution in [2.24, 2.45) is 5.92 Å². The standard InChI is InChI=1S/C24H26F6N4O2/c1-13-6-7-16(32-18-11-20(23(25,26)27)34-21(12-18)24(28,29)30)8-9-19(13)33-22(36)15-4-3-5-17(10-15)31-14(2)35/h3-5,10-13,16,19H,6-9H2,1-2H3,(H,31,35)(H,32,34)(H,33,36)/t13?,16-,19-/m0/s1. The minimum atomic E-state index is -5.03. The number of rotatable bonds is 5. The number of hydrogen-bond donors (Lipinski definition) is 3. The van der Waals surface area contributed by atoms with Gasteiger partial charge in [-0.05, 0) is 61.9 Å². The minimum Gasteiger partial charge on any atom is -0.382 e. The molecule has 2 amide bonds. The molecule has 1 aliphatic rings. The van der Waals surface area contributed by atoms with Crippen LogP contribution in [0.2, 0.25) is 0 Å². The lowest BCUT2D eigenvalue weighted by Gasteiger charge is -2.23. The molecular weight excluding hydrogens is 490 g/mol. The molecule has 6 nitrogen and oxygen atoms in total. The summed E-state index contributed by atoms with van der Waals surface area (Å²) in [6.07, 6.45) is -8.06. The van der Waals surface area contributed by atoms with E-state index < -0.39 is 23.7 Å². The van der Waals surface area contributed by atoms with Gasteiger partial charge < -0.3 is 16.0 Å². The van der Waals surface area contributed by atoms with Gasteiger partial charge in [-0.1, -0.05) is 13.0 Å². The van der Waals surface area contributed by atoms with Crippen LogP contribution < -0.4 is 16.0 Å².